The number of anilines is 1. The smallest absolute Gasteiger partial charge is 0.260 e. The Bertz CT molecular complexity index is 1060. The zero-order valence-corrected chi connectivity index (χ0v) is 15.8. The summed E-state index contributed by atoms with van der Waals surface area (Å²) >= 11 is 1.54. The maximum atomic E-state index is 13.2. The standard InChI is InChI=1S/C22H19N3OS/c1-2-16-10-11-20-19(13-16)24-22(27-20)25(15-17-7-6-12-23-14-17)21(26)18-8-4-3-5-9-18/h3-14H,2,15H2,1H3. The third-order valence-electron chi connectivity index (χ3n) is 4.41. The predicted molar refractivity (Wildman–Crippen MR) is 110 cm³/mol. The number of hydrogen-bond donors (Lipinski definition) is 0. The molecule has 4 rings (SSSR count). The minimum Gasteiger partial charge on any atom is -0.279 e. The quantitative estimate of drug-likeness (QED) is 0.489. The third-order valence-corrected chi connectivity index (χ3v) is 5.47. The maximum absolute atomic E-state index is 13.2. The van der Waals surface area contributed by atoms with Gasteiger partial charge in [-0.2, -0.15) is 0 Å². The molecule has 134 valence electrons. The van der Waals surface area contributed by atoms with Crippen LogP contribution in [-0.2, 0) is 13.0 Å². The molecule has 27 heavy (non-hydrogen) atoms. The maximum Gasteiger partial charge on any atom is 0.260 e. The number of hydrogen-bond acceptors (Lipinski definition) is 4. The molecule has 5 heteroatoms. The molecular formula is C22H19N3OS. The Morgan fingerprint density at radius 3 is 2.63 bits per heavy atom. The first kappa shape index (κ1) is 17.4. The highest BCUT2D eigenvalue weighted by Crippen LogP contribution is 2.31. The van der Waals surface area contributed by atoms with Crippen LogP contribution in [0.1, 0.15) is 28.4 Å². The summed E-state index contributed by atoms with van der Waals surface area (Å²) in [6, 6.07) is 19.5. The van der Waals surface area contributed by atoms with Crippen molar-refractivity contribution >= 4 is 32.6 Å². The van der Waals surface area contributed by atoms with Crippen molar-refractivity contribution in [2.75, 3.05) is 4.90 Å². The van der Waals surface area contributed by atoms with Gasteiger partial charge in [-0.1, -0.05) is 48.6 Å². The van der Waals surface area contributed by atoms with E-state index in [0.717, 1.165) is 22.2 Å². The predicted octanol–water partition coefficient (Wildman–Crippen LogP) is 5.10. The largest absolute Gasteiger partial charge is 0.279 e. The number of carbonyl (C=O) groups is 1. The van der Waals surface area contributed by atoms with Gasteiger partial charge in [-0.05, 0) is 47.9 Å². The van der Waals surface area contributed by atoms with Gasteiger partial charge < -0.3 is 0 Å². The normalized spacial score (nSPS) is 10.9. The molecule has 0 aliphatic heterocycles. The summed E-state index contributed by atoms with van der Waals surface area (Å²) in [4.78, 5) is 23.9. The van der Waals surface area contributed by atoms with E-state index in [4.69, 9.17) is 4.98 Å². The zero-order valence-electron chi connectivity index (χ0n) is 15.0. The van der Waals surface area contributed by atoms with Crippen molar-refractivity contribution in [2.45, 2.75) is 19.9 Å². The Morgan fingerprint density at radius 2 is 1.89 bits per heavy atom. The molecule has 2 aromatic carbocycles. The lowest BCUT2D eigenvalue weighted by Crippen LogP contribution is -2.30. The lowest BCUT2D eigenvalue weighted by atomic mass is 10.2. The van der Waals surface area contributed by atoms with Crippen LogP contribution in [0.5, 0.6) is 0 Å². The van der Waals surface area contributed by atoms with Crippen molar-refractivity contribution in [2.24, 2.45) is 0 Å². The summed E-state index contributed by atoms with van der Waals surface area (Å²) in [6.45, 7) is 2.56. The number of benzene rings is 2. The molecule has 4 nitrogen and oxygen atoms in total. The van der Waals surface area contributed by atoms with Crippen molar-refractivity contribution in [3.8, 4) is 0 Å². The molecule has 0 spiro atoms. The Hall–Kier alpha value is -3.05. The fourth-order valence-electron chi connectivity index (χ4n) is 2.93. The van der Waals surface area contributed by atoms with Crippen LogP contribution in [0.25, 0.3) is 10.2 Å². The van der Waals surface area contributed by atoms with E-state index in [1.165, 1.54) is 5.56 Å². The van der Waals surface area contributed by atoms with Gasteiger partial charge in [0.1, 0.15) is 0 Å². The second-order valence-corrected chi connectivity index (χ2v) is 7.28. The van der Waals surface area contributed by atoms with Crippen LogP contribution < -0.4 is 4.90 Å². The van der Waals surface area contributed by atoms with Crippen molar-refractivity contribution < 1.29 is 4.79 Å². The number of pyridine rings is 1. The number of aryl methyl sites for hydroxylation is 1. The highest BCUT2D eigenvalue weighted by atomic mass is 32.1. The summed E-state index contributed by atoms with van der Waals surface area (Å²) in [6.07, 6.45) is 4.48. The summed E-state index contributed by atoms with van der Waals surface area (Å²) in [5.74, 6) is -0.0609. The minimum absolute atomic E-state index is 0.0609. The number of thiazole rings is 1. The van der Waals surface area contributed by atoms with Crippen LogP contribution in [0.4, 0.5) is 5.13 Å². The van der Waals surface area contributed by atoms with Gasteiger partial charge in [-0.15, -0.1) is 0 Å². The van der Waals surface area contributed by atoms with Crippen molar-refractivity contribution in [1.29, 1.82) is 0 Å². The second kappa shape index (κ2) is 7.68. The Morgan fingerprint density at radius 1 is 1.04 bits per heavy atom. The number of nitrogens with zero attached hydrogens (tertiary/aromatic N) is 3. The van der Waals surface area contributed by atoms with Crippen LogP contribution in [0.2, 0.25) is 0 Å². The van der Waals surface area contributed by atoms with E-state index >= 15 is 0 Å². The molecule has 0 aliphatic rings. The molecule has 2 heterocycles. The van der Waals surface area contributed by atoms with E-state index < -0.39 is 0 Å². The van der Waals surface area contributed by atoms with Crippen LogP contribution in [0.3, 0.4) is 0 Å². The molecule has 0 unspecified atom stereocenters. The molecule has 0 bridgehead atoms. The van der Waals surface area contributed by atoms with Crippen molar-refractivity contribution in [3.63, 3.8) is 0 Å². The lowest BCUT2D eigenvalue weighted by Gasteiger charge is -2.20. The highest BCUT2D eigenvalue weighted by molar-refractivity contribution is 7.22. The zero-order chi connectivity index (χ0) is 18.6. The van der Waals surface area contributed by atoms with E-state index in [2.05, 4.69) is 30.1 Å². The van der Waals surface area contributed by atoms with Crippen LogP contribution >= 0.6 is 11.3 Å². The fourth-order valence-corrected chi connectivity index (χ4v) is 3.88. The minimum atomic E-state index is -0.0609. The first-order valence-corrected chi connectivity index (χ1v) is 9.71. The van der Waals surface area contributed by atoms with Gasteiger partial charge in [0.2, 0.25) is 0 Å². The van der Waals surface area contributed by atoms with E-state index in [9.17, 15) is 4.79 Å². The summed E-state index contributed by atoms with van der Waals surface area (Å²) in [7, 11) is 0. The monoisotopic (exact) mass is 373 g/mol. The van der Waals surface area contributed by atoms with Gasteiger partial charge in [0.15, 0.2) is 5.13 Å². The topological polar surface area (TPSA) is 46.1 Å². The van der Waals surface area contributed by atoms with Crippen LogP contribution in [0, 0.1) is 0 Å². The van der Waals surface area contributed by atoms with E-state index in [1.807, 2.05) is 42.5 Å². The first-order chi connectivity index (χ1) is 13.2. The van der Waals surface area contributed by atoms with E-state index in [-0.39, 0.29) is 5.91 Å². The van der Waals surface area contributed by atoms with Crippen molar-refractivity contribution in [1.82, 2.24) is 9.97 Å². The molecule has 0 atom stereocenters. The molecule has 1 amide bonds. The molecule has 0 saturated heterocycles. The molecule has 0 fully saturated rings. The van der Waals surface area contributed by atoms with Gasteiger partial charge >= 0.3 is 0 Å². The first-order valence-electron chi connectivity index (χ1n) is 8.90. The average Bonchev–Trinajstić information content (AvgIpc) is 3.15. The molecule has 0 N–H and O–H groups in total. The Labute approximate surface area is 162 Å². The van der Waals surface area contributed by atoms with Gasteiger partial charge in [0, 0.05) is 18.0 Å². The van der Waals surface area contributed by atoms with Crippen LogP contribution in [-0.4, -0.2) is 15.9 Å². The number of fused-ring (bicyclic) bond motifs is 1. The van der Waals surface area contributed by atoms with Crippen molar-refractivity contribution in [3.05, 3.63) is 89.7 Å². The fraction of sp³-hybridized carbons (Fsp3) is 0.136. The number of carbonyl (C=O) groups excluding carboxylic acids is 1. The number of amides is 1. The molecular weight excluding hydrogens is 354 g/mol. The number of aromatic nitrogens is 2. The van der Waals surface area contributed by atoms with E-state index in [0.29, 0.717) is 17.2 Å². The van der Waals surface area contributed by atoms with Gasteiger partial charge in [0.25, 0.3) is 5.91 Å². The molecule has 0 saturated carbocycles. The third kappa shape index (κ3) is 3.73. The Balaban J connectivity index is 1.76. The van der Waals surface area contributed by atoms with Gasteiger partial charge in [-0.3, -0.25) is 14.7 Å². The SMILES string of the molecule is CCc1ccc2sc(N(Cc3cccnc3)C(=O)c3ccccc3)nc2c1. The Kier molecular flexibility index (Phi) is 4.94. The van der Waals surface area contributed by atoms with Crippen LogP contribution in [0.15, 0.2) is 73.1 Å². The summed E-state index contributed by atoms with van der Waals surface area (Å²) in [5, 5.41) is 0.705. The summed E-state index contributed by atoms with van der Waals surface area (Å²) < 4.78 is 1.08. The average molecular weight is 373 g/mol. The molecule has 4 aromatic rings. The highest BCUT2D eigenvalue weighted by Gasteiger charge is 2.21. The molecule has 0 radical (unpaired) electrons. The van der Waals surface area contributed by atoms with E-state index in [1.54, 1.807) is 28.6 Å². The summed E-state index contributed by atoms with van der Waals surface area (Å²) in [5.41, 5.74) is 3.80. The lowest BCUT2D eigenvalue weighted by molar-refractivity contribution is 0.0985. The number of rotatable bonds is 5. The van der Waals surface area contributed by atoms with Gasteiger partial charge in [0.05, 0.1) is 16.8 Å². The molecule has 2 aromatic heterocycles. The second-order valence-electron chi connectivity index (χ2n) is 6.27. The molecule has 0 aliphatic carbocycles. The van der Waals surface area contributed by atoms with Gasteiger partial charge in [-0.25, -0.2) is 4.98 Å².